The van der Waals surface area contributed by atoms with E-state index in [4.69, 9.17) is 0 Å². The predicted octanol–water partition coefficient (Wildman–Crippen LogP) is 0.749. The van der Waals surface area contributed by atoms with Gasteiger partial charge in [-0.3, -0.25) is 9.59 Å². The molecule has 0 spiro atoms. The van der Waals surface area contributed by atoms with Crippen molar-refractivity contribution in [1.29, 1.82) is 0 Å². The van der Waals surface area contributed by atoms with Gasteiger partial charge in [-0.2, -0.15) is 0 Å². The van der Waals surface area contributed by atoms with Crippen LogP contribution in [0.2, 0.25) is 0 Å². The highest BCUT2D eigenvalue weighted by atomic mass is 16.2. The van der Waals surface area contributed by atoms with Gasteiger partial charge in [-0.15, -0.1) is 0 Å². The lowest BCUT2D eigenvalue weighted by Crippen LogP contribution is -2.53. The van der Waals surface area contributed by atoms with E-state index in [1.165, 1.54) is 0 Å². The Bertz CT molecular complexity index is 369. The van der Waals surface area contributed by atoms with Gasteiger partial charge in [0.05, 0.1) is 5.41 Å². The Morgan fingerprint density at radius 2 is 1.85 bits per heavy atom. The van der Waals surface area contributed by atoms with E-state index in [2.05, 4.69) is 24.5 Å². The molecule has 114 valence electrons. The van der Waals surface area contributed by atoms with Crippen LogP contribution < -0.4 is 10.6 Å². The van der Waals surface area contributed by atoms with E-state index >= 15 is 0 Å². The Morgan fingerprint density at radius 1 is 1.20 bits per heavy atom. The molecule has 2 fully saturated rings. The van der Waals surface area contributed by atoms with Crippen LogP contribution >= 0.6 is 0 Å². The van der Waals surface area contributed by atoms with Crippen molar-refractivity contribution in [2.24, 2.45) is 11.3 Å². The molecule has 2 atom stereocenters. The molecule has 2 amide bonds. The molecular weight excluding hydrogens is 254 g/mol. The number of amides is 2. The van der Waals surface area contributed by atoms with Gasteiger partial charge in [0, 0.05) is 19.6 Å². The summed E-state index contributed by atoms with van der Waals surface area (Å²) in [5.74, 6) is 0.352. The normalized spacial score (nSPS) is 27.9. The maximum absolute atomic E-state index is 12.6. The van der Waals surface area contributed by atoms with Crippen molar-refractivity contribution in [3.63, 3.8) is 0 Å². The molecule has 2 unspecified atom stereocenters. The molecule has 5 nitrogen and oxygen atoms in total. The van der Waals surface area contributed by atoms with E-state index in [1.54, 1.807) is 6.92 Å². The number of nitrogens with one attached hydrogen (secondary N) is 2. The third-order valence-electron chi connectivity index (χ3n) is 4.88. The van der Waals surface area contributed by atoms with Crippen molar-refractivity contribution in [2.75, 3.05) is 26.2 Å². The smallest absolute Gasteiger partial charge is 0.244 e. The van der Waals surface area contributed by atoms with Crippen molar-refractivity contribution < 1.29 is 9.59 Å². The fourth-order valence-electron chi connectivity index (χ4n) is 3.27. The second-order valence-corrected chi connectivity index (χ2v) is 6.47. The first kappa shape index (κ1) is 15.3. The van der Waals surface area contributed by atoms with E-state index in [0.29, 0.717) is 6.54 Å². The van der Waals surface area contributed by atoms with Crippen molar-refractivity contribution in [3.8, 4) is 0 Å². The van der Waals surface area contributed by atoms with E-state index in [9.17, 15) is 9.59 Å². The van der Waals surface area contributed by atoms with E-state index in [-0.39, 0.29) is 23.1 Å². The first-order valence-corrected chi connectivity index (χ1v) is 7.78. The summed E-state index contributed by atoms with van der Waals surface area (Å²) in [4.78, 5) is 26.7. The minimum atomic E-state index is -0.420. The second-order valence-electron chi connectivity index (χ2n) is 6.47. The molecule has 0 aromatic carbocycles. The summed E-state index contributed by atoms with van der Waals surface area (Å²) in [5.41, 5.74) is -0.362. The molecule has 2 saturated heterocycles. The molecule has 0 aromatic rings. The van der Waals surface area contributed by atoms with Gasteiger partial charge in [0.25, 0.3) is 0 Å². The molecule has 2 aliphatic rings. The van der Waals surface area contributed by atoms with Crippen LogP contribution in [0, 0.1) is 11.3 Å². The Balaban J connectivity index is 1.97. The fourth-order valence-corrected chi connectivity index (χ4v) is 3.27. The van der Waals surface area contributed by atoms with Crippen LogP contribution in [0.1, 0.15) is 40.0 Å². The van der Waals surface area contributed by atoms with E-state index < -0.39 is 6.04 Å². The monoisotopic (exact) mass is 281 g/mol. The van der Waals surface area contributed by atoms with Gasteiger partial charge in [-0.25, -0.2) is 0 Å². The third kappa shape index (κ3) is 2.82. The van der Waals surface area contributed by atoms with Gasteiger partial charge >= 0.3 is 0 Å². The number of hydrogen-bond acceptors (Lipinski definition) is 3. The van der Waals surface area contributed by atoms with E-state index in [0.717, 1.165) is 38.9 Å². The largest absolute Gasteiger partial charge is 0.344 e. The Kier molecular flexibility index (Phi) is 4.68. The summed E-state index contributed by atoms with van der Waals surface area (Å²) in [5, 5.41) is 6.23. The molecule has 0 saturated carbocycles. The van der Waals surface area contributed by atoms with Crippen molar-refractivity contribution in [2.45, 2.75) is 46.1 Å². The molecule has 0 bridgehead atoms. The molecule has 2 heterocycles. The molecule has 2 rings (SSSR count). The van der Waals surface area contributed by atoms with Crippen molar-refractivity contribution in [3.05, 3.63) is 0 Å². The Morgan fingerprint density at radius 3 is 2.35 bits per heavy atom. The molecule has 2 aliphatic heterocycles. The van der Waals surface area contributed by atoms with Crippen LogP contribution in [-0.2, 0) is 9.59 Å². The number of hydrogen-bond donors (Lipinski definition) is 2. The SMILES string of the molecule is CC(NC(=O)C1(C(C)C)CCNC1)C(=O)N1CCCC1. The summed E-state index contributed by atoms with van der Waals surface area (Å²) in [6.07, 6.45) is 3.00. The zero-order valence-corrected chi connectivity index (χ0v) is 12.9. The van der Waals surface area contributed by atoms with E-state index in [1.807, 2.05) is 4.90 Å². The minimum absolute atomic E-state index is 0.0255. The van der Waals surface area contributed by atoms with Crippen molar-refractivity contribution >= 4 is 11.8 Å². The van der Waals surface area contributed by atoms with Gasteiger partial charge in [0.15, 0.2) is 0 Å². The molecular formula is C15H27N3O2. The summed E-state index contributed by atoms with van der Waals surface area (Å²) in [7, 11) is 0. The first-order chi connectivity index (χ1) is 9.47. The fraction of sp³-hybridized carbons (Fsp3) is 0.867. The third-order valence-corrected chi connectivity index (χ3v) is 4.88. The molecule has 0 aliphatic carbocycles. The molecule has 5 heteroatoms. The topological polar surface area (TPSA) is 61.4 Å². The summed E-state index contributed by atoms with van der Waals surface area (Å²) in [6, 6.07) is -0.420. The maximum Gasteiger partial charge on any atom is 0.244 e. The lowest BCUT2D eigenvalue weighted by Gasteiger charge is -2.33. The molecule has 20 heavy (non-hydrogen) atoms. The summed E-state index contributed by atoms with van der Waals surface area (Å²) < 4.78 is 0. The highest BCUT2D eigenvalue weighted by molar-refractivity contribution is 5.90. The lowest BCUT2D eigenvalue weighted by atomic mass is 9.75. The van der Waals surface area contributed by atoms with Crippen LogP contribution in [0.5, 0.6) is 0 Å². The van der Waals surface area contributed by atoms with Crippen LogP contribution in [-0.4, -0.2) is 48.9 Å². The number of rotatable bonds is 4. The Labute approximate surface area is 121 Å². The average molecular weight is 281 g/mol. The zero-order valence-electron chi connectivity index (χ0n) is 12.9. The highest BCUT2D eigenvalue weighted by Gasteiger charge is 2.44. The predicted molar refractivity (Wildman–Crippen MR) is 78.2 cm³/mol. The lowest BCUT2D eigenvalue weighted by molar-refractivity contribution is -0.139. The highest BCUT2D eigenvalue weighted by Crippen LogP contribution is 2.34. The Hall–Kier alpha value is -1.10. The van der Waals surface area contributed by atoms with Gasteiger partial charge in [0.2, 0.25) is 11.8 Å². The van der Waals surface area contributed by atoms with Crippen molar-refractivity contribution in [1.82, 2.24) is 15.5 Å². The molecule has 2 N–H and O–H groups in total. The molecule has 0 aromatic heterocycles. The summed E-state index contributed by atoms with van der Waals surface area (Å²) >= 11 is 0. The second kappa shape index (κ2) is 6.12. The van der Waals surface area contributed by atoms with Gasteiger partial charge in [-0.1, -0.05) is 13.8 Å². The summed E-state index contributed by atoms with van der Waals surface area (Å²) in [6.45, 7) is 9.21. The minimum Gasteiger partial charge on any atom is -0.344 e. The first-order valence-electron chi connectivity index (χ1n) is 7.78. The number of likely N-dealkylation sites (tertiary alicyclic amines) is 1. The average Bonchev–Trinajstić information content (AvgIpc) is 3.09. The van der Waals surface area contributed by atoms with Gasteiger partial charge in [0.1, 0.15) is 6.04 Å². The maximum atomic E-state index is 12.6. The zero-order chi connectivity index (χ0) is 14.8. The van der Waals surface area contributed by atoms with Crippen LogP contribution in [0.3, 0.4) is 0 Å². The van der Waals surface area contributed by atoms with Crippen LogP contribution in [0.25, 0.3) is 0 Å². The standard InChI is InChI=1S/C15H27N3O2/c1-11(2)15(6-7-16-10-15)14(20)17-12(3)13(19)18-8-4-5-9-18/h11-12,16H,4-10H2,1-3H3,(H,17,20). The number of nitrogens with zero attached hydrogens (tertiary/aromatic N) is 1. The van der Waals surface area contributed by atoms with Crippen LogP contribution in [0.15, 0.2) is 0 Å². The van der Waals surface area contributed by atoms with Gasteiger partial charge < -0.3 is 15.5 Å². The number of carbonyl (C=O) groups excluding carboxylic acids is 2. The van der Waals surface area contributed by atoms with Gasteiger partial charge in [-0.05, 0) is 38.6 Å². The quantitative estimate of drug-likeness (QED) is 0.799. The van der Waals surface area contributed by atoms with Crippen LogP contribution in [0.4, 0.5) is 0 Å². The molecule has 0 radical (unpaired) electrons. The number of carbonyl (C=O) groups is 2.